The fraction of sp³-hybridized carbons (Fsp3) is 0.143. The van der Waals surface area contributed by atoms with E-state index in [0.29, 0.717) is 10.7 Å². The quantitative estimate of drug-likeness (QED) is 0.621. The zero-order valence-corrected chi connectivity index (χ0v) is 11.4. The van der Waals surface area contributed by atoms with Crippen LogP contribution in [0.4, 0.5) is 0 Å². The molecule has 0 fully saturated rings. The lowest BCUT2D eigenvalue weighted by Gasteiger charge is -2.05. The van der Waals surface area contributed by atoms with Gasteiger partial charge in [-0.05, 0) is 30.2 Å². The Morgan fingerprint density at radius 2 is 2.11 bits per heavy atom. The average molecular weight is 275 g/mol. The van der Waals surface area contributed by atoms with Crippen molar-refractivity contribution in [2.45, 2.75) is 17.7 Å². The molecule has 2 aromatic rings. The van der Waals surface area contributed by atoms with Gasteiger partial charge in [0.2, 0.25) is 0 Å². The van der Waals surface area contributed by atoms with E-state index in [9.17, 15) is 0 Å². The lowest BCUT2D eigenvalue weighted by molar-refractivity contribution is 1.12. The normalized spacial score (nSPS) is 10.1. The van der Waals surface area contributed by atoms with Crippen LogP contribution in [-0.2, 0) is 5.75 Å². The van der Waals surface area contributed by atoms with Gasteiger partial charge >= 0.3 is 0 Å². The first-order valence-electron chi connectivity index (χ1n) is 5.44. The van der Waals surface area contributed by atoms with Crippen LogP contribution in [0.3, 0.4) is 0 Å². The third kappa shape index (κ3) is 3.25. The van der Waals surface area contributed by atoms with Crippen LogP contribution in [0, 0.1) is 18.3 Å². The van der Waals surface area contributed by atoms with Crippen molar-refractivity contribution in [3.63, 3.8) is 0 Å². The van der Waals surface area contributed by atoms with Crippen LogP contribution in [0.15, 0.2) is 41.4 Å². The summed E-state index contributed by atoms with van der Waals surface area (Å²) in [7, 11) is 0. The van der Waals surface area contributed by atoms with Gasteiger partial charge < -0.3 is 0 Å². The van der Waals surface area contributed by atoms with Crippen LogP contribution in [-0.4, -0.2) is 4.98 Å². The molecule has 1 heterocycles. The molecule has 0 saturated carbocycles. The van der Waals surface area contributed by atoms with Crippen molar-refractivity contribution in [2.75, 3.05) is 0 Å². The van der Waals surface area contributed by atoms with Gasteiger partial charge in [-0.25, -0.2) is 4.98 Å². The highest BCUT2D eigenvalue weighted by Crippen LogP contribution is 2.24. The summed E-state index contributed by atoms with van der Waals surface area (Å²) >= 11 is 7.45. The van der Waals surface area contributed by atoms with E-state index >= 15 is 0 Å². The van der Waals surface area contributed by atoms with Crippen molar-refractivity contribution in [2.24, 2.45) is 0 Å². The highest BCUT2D eigenvalue weighted by molar-refractivity contribution is 7.98. The summed E-state index contributed by atoms with van der Waals surface area (Å²) in [4.78, 5) is 4.20. The highest BCUT2D eigenvalue weighted by atomic mass is 35.5. The van der Waals surface area contributed by atoms with Crippen LogP contribution >= 0.6 is 23.4 Å². The van der Waals surface area contributed by atoms with Gasteiger partial charge in [0.1, 0.15) is 5.15 Å². The van der Waals surface area contributed by atoms with Crippen LogP contribution in [0.1, 0.15) is 16.7 Å². The van der Waals surface area contributed by atoms with Crippen LogP contribution < -0.4 is 0 Å². The first-order chi connectivity index (χ1) is 8.69. The summed E-state index contributed by atoms with van der Waals surface area (Å²) in [6.45, 7) is 2.09. The number of hydrogen-bond donors (Lipinski definition) is 0. The molecule has 0 radical (unpaired) electrons. The lowest BCUT2D eigenvalue weighted by atomic mass is 10.1. The Labute approximate surface area is 116 Å². The number of aromatic nitrogens is 1. The molecule has 0 N–H and O–H groups in total. The molecular formula is C14H11ClN2S. The minimum atomic E-state index is 0.362. The SMILES string of the molecule is Cc1ccccc1CSc1cc(C#N)cc(Cl)n1. The summed E-state index contributed by atoms with van der Waals surface area (Å²) < 4.78 is 0. The molecule has 4 heteroatoms. The largest absolute Gasteiger partial charge is 0.230 e. The standard InChI is InChI=1S/C14H11ClN2S/c1-10-4-2-3-5-12(10)9-18-14-7-11(8-16)6-13(15)17-14/h2-7H,9H2,1H3. The van der Waals surface area contributed by atoms with Crippen molar-refractivity contribution in [1.29, 1.82) is 5.26 Å². The van der Waals surface area contributed by atoms with Gasteiger partial charge in [-0.15, -0.1) is 11.8 Å². The van der Waals surface area contributed by atoms with E-state index in [1.54, 1.807) is 23.9 Å². The third-order valence-electron chi connectivity index (χ3n) is 2.54. The number of nitriles is 1. The highest BCUT2D eigenvalue weighted by Gasteiger charge is 2.03. The van der Waals surface area contributed by atoms with Crippen LogP contribution in [0.2, 0.25) is 5.15 Å². The topological polar surface area (TPSA) is 36.7 Å². The Morgan fingerprint density at radius 1 is 1.33 bits per heavy atom. The smallest absolute Gasteiger partial charge is 0.131 e. The van der Waals surface area contributed by atoms with Crippen LogP contribution in [0.5, 0.6) is 0 Å². The van der Waals surface area contributed by atoms with Crippen LogP contribution in [0.25, 0.3) is 0 Å². The first kappa shape index (κ1) is 12.9. The molecule has 0 saturated heterocycles. The summed E-state index contributed by atoms with van der Waals surface area (Å²) in [6, 6.07) is 13.6. The van der Waals surface area contributed by atoms with E-state index in [1.807, 2.05) is 12.1 Å². The number of aryl methyl sites for hydroxylation is 1. The molecule has 0 atom stereocenters. The zero-order valence-electron chi connectivity index (χ0n) is 9.85. The third-order valence-corrected chi connectivity index (χ3v) is 3.69. The van der Waals surface area contributed by atoms with Gasteiger partial charge in [-0.2, -0.15) is 5.26 Å². The van der Waals surface area contributed by atoms with Crippen molar-refractivity contribution in [1.82, 2.24) is 4.98 Å². The van der Waals surface area contributed by atoms with Gasteiger partial charge in [-0.1, -0.05) is 35.9 Å². The Kier molecular flexibility index (Phi) is 4.24. The summed E-state index contributed by atoms with van der Waals surface area (Å²) in [6.07, 6.45) is 0. The second kappa shape index (κ2) is 5.90. The molecule has 0 spiro atoms. The summed E-state index contributed by atoms with van der Waals surface area (Å²) in [5.74, 6) is 0.824. The Bertz CT molecular complexity index is 605. The predicted molar refractivity (Wildman–Crippen MR) is 74.7 cm³/mol. The monoisotopic (exact) mass is 274 g/mol. The van der Waals surface area contributed by atoms with Crippen molar-refractivity contribution < 1.29 is 0 Å². The summed E-state index contributed by atoms with van der Waals surface area (Å²) in [5, 5.41) is 10.0. The molecule has 18 heavy (non-hydrogen) atoms. The van der Waals surface area contributed by atoms with E-state index in [1.165, 1.54) is 11.1 Å². The van der Waals surface area contributed by atoms with Crippen molar-refractivity contribution in [3.05, 3.63) is 58.2 Å². The number of benzene rings is 1. The molecule has 1 aromatic heterocycles. The molecule has 2 rings (SSSR count). The molecule has 0 unspecified atom stereocenters. The predicted octanol–water partition coefficient (Wildman–Crippen LogP) is 4.21. The average Bonchev–Trinajstić information content (AvgIpc) is 2.37. The molecule has 2 nitrogen and oxygen atoms in total. The fourth-order valence-corrected chi connectivity index (χ4v) is 2.79. The molecule has 0 bridgehead atoms. The van der Waals surface area contributed by atoms with E-state index in [2.05, 4.69) is 30.1 Å². The minimum absolute atomic E-state index is 0.362. The van der Waals surface area contributed by atoms with E-state index in [4.69, 9.17) is 16.9 Å². The van der Waals surface area contributed by atoms with Gasteiger partial charge in [0.25, 0.3) is 0 Å². The number of rotatable bonds is 3. The fourth-order valence-electron chi connectivity index (χ4n) is 1.54. The maximum atomic E-state index is 8.87. The Balaban J connectivity index is 2.14. The van der Waals surface area contributed by atoms with E-state index < -0.39 is 0 Å². The second-order valence-corrected chi connectivity index (χ2v) is 5.23. The number of halogens is 1. The number of hydrogen-bond acceptors (Lipinski definition) is 3. The van der Waals surface area contributed by atoms with Gasteiger partial charge in [0.15, 0.2) is 0 Å². The molecule has 0 aliphatic heterocycles. The van der Waals surface area contributed by atoms with Crippen molar-refractivity contribution >= 4 is 23.4 Å². The molecule has 0 aliphatic rings. The molecular weight excluding hydrogens is 264 g/mol. The number of nitrogens with zero attached hydrogens (tertiary/aromatic N) is 2. The first-order valence-corrected chi connectivity index (χ1v) is 6.80. The minimum Gasteiger partial charge on any atom is -0.230 e. The van der Waals surface area contributed by atoms with Gasteiger partial charge in [0.05, 0.1) is 16.7 Å². The lowest BCUT2D eigenvalue weighted by Crippen LogP contribution is -1.88. The molecule has 90 valence electrons. The molecule has 1 aromatic carbocycles. The summed E-state index contributed by atoms with van der Waals surface area (Å²) in [5.41, 5.74) is 3.07. The number of thioether (sulfide) groups is 1. The van der Waals surface area contributed by atoms with E-state index in [0.717, 1.165) is 10.8 Å². The van der Waals surface area contributed by atoms with Gasteiger partial charge in [0, 0.05) is 5.75 Å². The Hall–Kier alpha value is -1.50. The van der Waals surface area contributed by atoms with Crippen molar-refractivity contribution in [3.8, 4) is 6.07 Å². The van der Waals surface area contributed by atoms with E-state index in [-0.39, 0.29) is 0 Å². The second-order valence-electron chi connectivity index (χ2n) is 3.84. The number of pyridine rings is 1. The molecule has 0 amide bonds. The maximum Gasteiger partial charge on any atom is 0.131 e. The zero-order chi connectivity index (χ0) is 13.0. The maximum absolute atomic E-state index is 8.87. The molecule has 0 aliphatic carbocycles. The van der Waals surface area contributed by atoms with Gasteiger partial charge in [-0.3, -0.25) is 0 Å². The Morgan fingerprint density at radius 3 is 2.83 bits per heavy atom.